The van der Waals surface area contributed by atoms with Gasteiger partial charge in [-0.3, -0.25) is 0 Å². The number of anilines is 1. The van der Waals surface area contributed by atoms with Crippen molar-refractivity contribution in [3.05, 3.63) is 17.1 Å². The van der Waals surface area contributed by atoms with Crippen molar-refractivity contribution in [2.24, 2.45) is 0 Å². The zero-order valence-electron chi connectivity index (χ0n) is 12.3. The van der Waals surface area contributed by atoms with Crippen LogP contribution in [0.1, 0.15) is 62.7 Å². The lowest BCUT2D eigenvalue weighted by atomic mass is 10.1. The Morgan fingerprint density at radius 2 is 1.95 bits per heavy atom. The van der Waals surface area contributed by atoms with Crippen LogP contribution in [0.25, 0.3) is 0 Å². The first-order valence-corrected chi connectivity index (χ1v) is 7.46. The normalized spacial score (nSPS) is 16.6. The number of nitrogens with zero attached hydrogens (tertiary/aromatic N) is 2. The lowest BCUT2D eigenvalue weighted by molar-refractivity contribution is 0.0924. The minimum Gasteiger partial charge on any atom is -0.373 e. The van der Waals surface area contributed by atoms with Gasteiger partial charge >= 0.3 is 0 Å². The fourth-order valence-corrected chi connectivity index (χ4v) is 2.70. The van der Waals surface area contributed by atoms with Crippen LogP contribution < -0.4 is 5.32 Å². The molecule has 1 aliphatic carbocycles. The lowest BCUT2D eigenvalue weighted by Crippen LogP contribution is -2.14. The summed E-state index contributed by atoms with van der Waals surface area (Å²) in [5.41, 5.74) is 2.56. The fourth-order valence-electron chi connectivity index (χ4n) is 2.70. The molecule has 0 bridgehead atoms. The van der Waals surface area contributed by atoms with Crippen LogP contribution in [0.15, 0.2) is 0 Å². The van der Waals surface area contributed by atoms with Gasteiger partial charge in [0, 0.05) is 24.9 Å². The number of ether oxygens (including phenoxy) is 1. The van der Waals surface area contributed by atoms with E-state index in [-0.39, 0.29) is 6.10 Å². The molecule has 1 unspecified atom stereocenters. The number of aryl methyl sites for hydroxylation is 1. The Labute approximate surface area is 116 Å². The minimum absolute atomic E-state index is 0.00552. The third-order valence-corrected chi connectivity index (χ3v) is 3.74. The van der Waals surface area contributed by atoms with E-state index >= 15 is 0 Å². The van der Waals surface area contributed by atoms with Crippen molar-refractivity contribution in [2.45, 2.75) is 58.5 Å². The van der Waals surface area contributed by atoms with Gasteiger partial charge in [-0.2, -0.15) is 0 Å². The summed E-state index contributed by atoms with van der Waals surface area (Å²) in [6, 6.07) is 0. The number of aromatic nitrogens is 2. The average molecular weight is 263 g/mol. The number of hydrogen-bond donors (Lipinski definition) is 1. The van der Waals surface area contributed by atoms with Crippen LogP contribution in [0, 0.1) is 0 Å². The maximum Gasteiger partial charge on any atom is 0.159 e. The van der Waals surface area contributed by atoms with E-state index in [2.05, 4.69) is 19.2 Å². The molecule has 0 saturated carbocycles. The fraction of sp³-hybridized carbons (Fsp3) is 0.733. The smallest absolute Gasteiger partial charge is 0.159 e. The number of rotatable bonds is 5. The molecule has 0 aromatic carbocycles. The summed E-state index contributed by atoms with van der Waals surface area (Å²) in [4.78, 5) is 9.49. The number of methoxy groups -OCH3 is 1. The molecule has 2 rings (SSSR count). The highest BCUT2D eigenvalue weighted by Gasteiger charge is 2.20. The van der Waals surface area contributed by atoms with Gasteiger partial charge in [0.25, 0.3) is 0 Å². The highest BCUT2D eigenvalue weighted by molar-refractivity contribution is 5.47. The van der Waals surface area contributed by atoms with E-state index < -0.39 is 0 Å². The molecule has 4 heteroatoms. The van der Waals surface area contributed by atoms with E-state index in [1.165, 1.54) is 30.5 Å². The molecule has 4 nitrogen and oxygen atoms in total. The molecule has 1 N–H and O–H groups in total. The molecule has 0 amide bonds. The van der Waals surface area contributed by atoms with Crippen molar-refractivity contribution in [3.63, 3.8) is 0 Å². The lowest BCUT2D eigenvalue weighted by Gasteiger charge is -2.17. The van der Waals surface area contributed by atoms with Crippen LogP contribution in [0.5, 0.6) is 0 Å². The summed E-state index contributed by atoms with van der Waals surface area (Å²) in [6.07, 6.45) is 6.85. The van der Waals surface area contributed by atoms with Crippen molar-refractivity contribution >= 4 is 5.82 Å². The van der Waals surface area contributed by atoms with E-state index in [0.29, 0.717) is 0 Å². The average Bonchev–Trinajstić information content (AvgIpc) is 2.66. The first-order valence-electron chi connectivity index (χ1n) is 7.46. The number of nitrogens with one attached hydrogen (secondary N) is 1. The van der Waals surface area contributed by atoms with Crippen LogP contribution in [-0.2, 0) is 17.6 Å². The molecule has 106 valence electrons. The highest BCUT2D eigenvalue weighted by Crippen LogP contribution is 2.27. The third-order valence-electron chi connectivity index (χ3n) is 3.74. The van der Waals surface area contributed by atoms with E-state index in [1.807, 2.05) is 0 Å². The quantitative estimate of drug-likeness (QED) is 0.828. The van der Waals surface area contributed by atoms with E-state index in [4.69, 9.17) is 14.7 Å². The SMILES string of the molecule is CCNc1nc(C(CC)OC)nc2c1CCCCC2. The Morgan fingerprint density at radius 1 is 1.16 bits per heavy atom. The van der Waals surface area contributed by atoms with E-state index in [1.54, 1.807) is 7.11 Å². The second-order valence-corrected chi connectivity index (χ2v) is 5.08. The molecule has 0 radical (unpaired) electrons. The van der Waals surface area contributed by atoms with Crippen LogP contribution in [0.3, 0.4) is 0 Å². The van der Waals surface area contributed by atoms with E-state index in [0.717, 1.165) is 37.4 Å². The highest BCUT2D eigenvalue weighted by atomic mass is 16.5. The Hall–Kier alpha value is -1.16. The number of hydrogen-bond acceptors (Lipinski definition) is 4. The summed E-state index contributed by atoms with van der Waals surface area (Å²) >= 11 is 0. The number of fused-ring (bicyclic) bond motifs is 1. The predicted molar refractivity (Wildman–Crippen MR) is 77.5 cm³/mol. The van der Waals surface area contributed by atoms with Gasteiger partial charge in [-0.1, -0.05) is 13.3 Å². The second-order valence-electron chi connectivity index (χ2n) is 5.08. The van der Waals surface area contributed by atoms with Gasteiger partial charge in [0.15, 0.2) is 5.82 Å². The summed E-state index contributed by atoms with van der Waals surface area (Å²) in [5, 5.41) is 3.40. The second kappa shape index (κ2) is 6.85. The largest absolute Gasteiger partial charge is 0.373 e. The van der Waals surface area contributed by atoms with Gasteiger partial charge in [0.1, 0.15) is 11.9 Å². The minimum atomic E-state index is 0.00552. The van der Waals surface area contributed by atoms with Crippen LogP contribution in [0.4, 0.5) is 5.82 Å². The molecule has 0 fully saturated rings. The van der Waals surface area contributed by atoms with Crippen molar-refractivity contribution in [1.82, 2.24) is 9.97 Å². The first kappa shape index (κ1) is 14.3. The summed E-state index contributed by atoms with van der Waals surface area (Å²) in [6.45, 7) is 5.11. The van der Waals surface area contributed by atoms with E-state index in [9.17, 15) is 0 Å². The molecule has 0 saturated heterocycles. The molecule has 0 spiro atoms. The zero-order valence-corrected chi connectivity index (χ0v) is 12.3. The van der Waals surface area contributed by atoms with Crippen LogP contribution >= 0.6 is 0 Å². The zero-order chi connectivity index (χ0) is 13.7. The van der Waals surface area contributed by atoms with Gasteiger partial charge in [0.2, 0.25) is 0 Å². The maximum atomic E-state index is 5.49. The monoisotopic (exact) mass is 263 g/mol. The molecule has 1 aromatic rings. The summed E-state index contributed by atoms with van der Waals surface area (Å²) < 4.78 is 5.49. The van der Waals surface area contributed by atoms with Gasteiger partial charge in [-0.05, 0) is 39.0 Å². The first-order chi connectivity index (χ1) is 9.30. The Balaban J connectivity index is 2.41. The van der Waals surface area contributed by atoms with Gasteiger partial charge < -0.3 is 10.1 Å². The molecule has 0 aliphatic heterocycles. The summed E-state index contributed by atoms with van der Waals surface area (Å²) in [5.74, 6) is 1.86. The van der Waals surface area contributed by atoms with Crippen molar-refractivity contribution in [1.29, 1.82) is 0 Å². The topological polar surface area (TPSA) is 47.0 Å². The molecule has 1 aromatic heterocycles. The molecule has 1 atom stereocenters. The van der Waals surface area contributed by atoms with Crippen LogP contribution in [0.2, 0.25) is 0 Å². The Bertz CT molecular complexity index is 416. The third kappa shape index (κ3) is 3.24. The van der Waals surface area contributed by atoms with Crippen molar-refractivity contribution in [3.8, 4) is 0 Å². The Morgan fingerprint density at radius 3 is 2.63 bits per heavy atom. The molecule has 1 heterocycles. The molecular weight excluding hydrogens is 238 g/mol. The van der Waals surface area contributed by atoms with Gasteiger partial charge in [0.05, 0.1) is 0 Å². The molecular formula is C15H25N3O. The predicted octanol–water partition coefficient (Wildman–Crippen LogP) is 3.27. The van der Waals surface area contributed by atoms with Crippen molar-refractivity contribution < 1.29 is 4.74 Å². The summed E-state index contributed by atoms with van der Waals surface area (Å²) in [7, 11) is 1.73. The molecule has 1 aliphatic rings. The van der Waals surface area contributed by atoms with Gasteiger partial charge in [-0.15, -0.1) is 0 Å². The molecule has 19 heavy (non-hydrogen) atoms. The Kier molecular flexibility index (Phi) is 5.14. The standard InChI is InChI=1S/C15H25N3O/c1-4-13(19-3)15-17-12-10-8-6-7-9-11(12)14(18-15)16-5-2/h13H,4-10H2,1-3H3,(H,16,17,18). The van der Waals surface area contributed by atoms with Crippen molar-refractivity contribution in [2.75, 3.05) is 19.0 Å². The van der Waals surface area contributed by atoms with Gasteiger partial charge in [-0.25, -0.2) is 9.97 Å². The maximum absolute atomic E-state index is 5.49. The van der Waals surface area contributed by atoms with Crippen LogP contribution in [-0.4, -0.2) is 23.6 Å².